The lowest BCUT2D eigenvalue weighted by Crippen LogP contribution is -2.63. The first-order chi connectivity index (χ1) is 10.7. The molecule has 1 aromatic heterocycles. The van der Waals surface area contributed by atoms with Gasteiger partial charge in [0.05, 0.1) is 23.8 Å². The van der Waals surface area contributed by atoms with Crippen LogP contribution >= 0.6 is 23.1 Å². The van der Waals surface area contributed by atoms with E-state index in [9.17, 15) is 19.8 Å². The molecule has 1 amide bonds. The van der Waals surface area contributed by atoms with E-state index in [1.165, 1.54) is 28.0 Å². The van der Waals surface area contributed by atoms with E-state index in [1.54, 1.807) is 6.92 Å². The van der Waals surface area contributed by atoms with Crippen LogP contribution in [-0.2, 0) is 9.59 Å². The predicted octanol–water partition coefficient (Wildman–Crippen LogP) is 2.01. The number of aliphatic hydroxyl groups is 1. The molecule has 2 aliphatic heterocycles. The molecule has 4 atom stereocenters. The topological polar surface area (TPSA) is 90.7 Å². The van der Waals surface area contributed by atoms with Crippen LogP contribution in [0.1, 0.15) is 24.4 Å². The molecule has 23 heavy (non-hydrogen) atoms. The Bertz CT molecular complexity index is 706. The number of β-lactam (4-membered cyclic amide) rings is 1. The number of hydrogen-bond acceptors (Lipinski definition) is 6. The van der Waals surface area contributed by atoms with E-state index in [-0.39, 0.29) is 23.6 Å². The quantitative estimate of drug-likeness (QED) is 0.804. The van der Waals surface area contributed by atoms with Crippen LogP contribution in [0.4, 0.5) is 0 Å². The van der Waals surface area contributed by atoms with Crippen molar-refractivity contribution < 1.29 is 19.8 Å². The number of carbonyl (C=O) groups excluding carboxylic acids is 1. The van der Waals surface area contributed by atoms with Gasteiger partial charge in [-0.25, -0.2) is 9.78 Å². The van der Waals surface area contributed by atoms with Gasteiger partial charge < -0.3 is 15.1 Å². The maximum atomic E-state index is 12.2. The minimum absolute atomic E-state index is 0.0416. The van der Waals surface area contributed by atoms with Gasteiger partial charge in [0.2, 0.25) is 5.91 Å². The summed E-state index contributed by atoms with van der Waals surface area (Å²) in [6.45, 7) is 7.37. The number of carboxylic acids is 1. The SMILES string of the molecule is Cc1nc(SC2=C(C(=O)O)N3C(=O)[C@H](C(C)O)[C@H]3[C@H]2C)sc1C. The van der Waals surface area contributed by atoms with E-state index in [1.807, 2.05) is 20.8 Å². The van der Waals surface area contributed by atoms with Gasteiger partial charge in [0.15, 0.2) is 4.34 Å². The zero-order valence-corrected chi connectivity index (χ0v) is 14.9. The highest BCUT2D eigenvalue weighted by Gasteiger charge is 2.60. The molecule has 1 aromatic rings. The number of thioether (sulfide) groups is 1. The maximum absolute atomic E-state index is 12.2. The fourth-order valence-electron chi connectivity index (χ4n) is 3.24. The van der Waals surface area contributed by atoms with Crippen molar-refractivity contribution in [3.05, 3.63) is 21.2 Å². The number of aliphatic carboxylic acids is 1. The molecule has 8 heteroatoms. The van der Waals surface area contributed by atoms with Crippen molar-refractivity contribution >= 4 is 35.0 Å². The van der Waals surface area contributed by atoms with Gasteiger partial charge in [-0.2, -0.15) is 0 Å². The zero-order chi connectivity index (χ0) is 17.0. The van der Waals surface area contributed by atoms with Crippen molar-refractivity contribution in [2.75, 3.05) is 0 Å². The van der Waals surface area contributed by atoms with Crippen molar-refractivity contribution in [3.63, 3.8) is 0 Å². The fourth-order valence-corrected chi connectivity index (χ4v) is 5.67. The molecule has 0 spiro atoms. The summed E-state index contributed by atoms with van der Waals surface area (Å²) in [7, 11) is 0. The van der Waals surface area contributed by atoms with Gasteiger partial charge in [0, 0.05) is 15.7 Å². The normalized spacial score (nSPS) is 28.0. The van der Waals surface area contributed by atoms with E-state index in [0.29, 0.717) is 4.91 Å². The number of amides is 1. The van der Waals surface area contributed by atoms with E-state index >= 15 is 0 Å². The standard InChI is InChI=1S/C15H18N2O4S2/c1-5-10-9(7(3)18)13(19)17(10)11(14(20)21)12(5)23-15-16-6(2)8(4)22-15/h5,7,9-10,18H,1-4H3,(H,20,21)/t5-,7?,9-,10-/m1/s1. The highest BCUT2D eigenvalue weighted by atomic mass is 32.2. The molecule has 0 bridgehead atoms. The number of fused-ring (bicyclic) bond motifs is 1. The van der Waals surface area contributed by atoms with Crippen LogP contribution in [0.3, 0.4) is 0 Å². The summed E-state index contributed by atoms with van der Waals surface area (Å²) in [6, 6.07) is -0.279. The van der Waals surface area contributed by atoms with Gasteiger partial charge in [-0.1, -0.05) is 18.7 Å². The highest BCUT2D eigenvalue weighted by molar-refractivity contribution is 8.04. The number of carbonyl (C=O) groups is 2. The Morgan fingerprint density at radius 2 is 2.09 bits per heavy atom. The second-order valence-electron chi connectivity index (χ2n) is 6.00. The molecule has 6 nitrogen and oxygen atoms in total. The summed E-state index contributed by atoms with van der Waals surface area (Å²) in [6.07, 6.45) is -0.782. The molecule has 124 valence electrons. The third kappa shape index (κ3) is 2.40. The van der Waals surface area contributed by atoms with Crippen LogP contribution < -0.4 is 0 Å². The first-order valence-electron chi connectivity index (χ1n) is 7.34. The van der Waals surface area contributed by atoms with E-state index < -0.39 is 18.0 Å². The Kier molecular flexibility index (Phi) is 4.02. The molecule has 3 rings (SSSR count). The van der Waals surface area contributed by atoms with Gasteiger partial charge >= 0.3 is 5.97 Å². The minimum atomic E-state index is -1.11. The second kappa shape index (κ2) is 5.61. The number of carboxylic acid groups (broad SMARTS) is 1. The van der Waals surface area contributed by atoms with E-state index in [0.717, 1.165) is 14.9 Å². The Balaban J connectivity index is 1.97. The number of aliphatic hydroxyl groups excluding tert-OH is 1. The summed E-state index contributed by atoms with van der Waals surface area (Å²) in [4.78, 5) is 31.5. The average molecular weight is 354 g/mol. The third-order valence-electron chi connectivity index (χ3n) is 4.52. The number of hydrogen-bond donors (Lipinski definition) is 2. The lowest BCUT2D eigenvalue weighted by Gasteiger charge is -2.46. The van der Waals surface area contributed by atoms with E-state index in [2.05, 4.69) is 4.98 Å². The van der Waals surface area contributed by atoms with Crippen LogP contribution in [0.2, 0.25) is 0 Å². The van der Waals surface area contributed by atoms with Gasteiger partial charge in [0.25, 0.3) is 0 Å². The molecule has 0 radical (unpaired) electrons. The average Bonchev–Trinajstić information content (AvgIpc) is 2.87. The molecular weight excluding hydrogens is 336 g/mol. The van der Waals surface area contributed by atoms with Crippen molar-refractivity contribution in [2.24, 2.45) is 11.8 Å². The fraction of sp³-hybridized carbons (Fsp3) is 0.533. The zero-order valence-electron chi connectivity index (χ0n) is 13.2. The maximum Gasteiger partial charge on any atom is 0.353 e. The van der Waals surface area contributed by atoms with Gasteiger partial charge in [-0.3, -0.25) is 4.79 Å². The summed E-state index contributed by atoms with van der Waals surface area (Å²) in [5.74, 6) is -2.08. The van der Waals surface area contributed by atoms with Crippen molar-refractivity contribution in [1.29, 1.82) is 0 Å². The summed E-state index contributed by atoms with van der Waals surface area (Å²) in [5.41, 5.74) is 0.974. The second-order valence-corrected chi connectivity index (χ2v) is 8.49. The van der Waals surface area contributed by atoms with Crippen molar-refractivity contribution in [3.8, 4) is 0 Å². The van der Waals surface area contributed by atoms with Gasteiger partial charge in [-0.15, -0.1) is 11.3 Å². The van der Waals surface area contributed by atoms with Crippen molar-refractivity contribution in [2.45, 2.75) is 44.2 Å². The Morgan fingerprint density at radius 3 is 2.57 bits per heavy atom. The minimum Gasteiger partial charge on any atom is -0.477 e. The van der Waals surface area contributed by atoms with Crippen LogP contribution in [0.15, 0.2) is 14.9 Å². The molecule has 1 unspecified atom stereocenters. The number of thiazole rings is 1. The lowest BCUT2D eigenvalue weighted by molar-refractivity contribution is -0.163. The Morgan fingerprint density at radius 1 is 1.43 bits per heavy atom. The Hall–Kier alpha value is -1.38. The van der Waals surface area contributed by atoms with Gasteiger partial charge in [0.1, 0.15) is 5.70 Å². The molecule has 1 saturated heterocycles. The monoisotopic (exact) mass is 354 g/mol. The molecule has 2 aliphatic rings. The first-order valence-corrected chi connectivity index (χ1v) is 8.97. The van der Waals surface area contributed by atoms with Crippen LogP contribution in [-0.4, -0.2) is 44.1 Å². The van der Waals surface area contributed by atoms with E-state index in [4.69, 9.17) is 0 Å². The number of rotatable bonds is 4. The summed E-state index contributed by atoms with van der Waals surface area (Å²) < 4.78 is 0.782. The van der Waals surface area contributed by atoms with Crippen LogP contribution in [0.25, 0.3) is 0 Å². The largest absolute Gasteiger partial charge is 0.477 e. The van der Waals surface area contributed by atoms with Crippen LogP contribution in [0, 0.1) is 25.7 Å². The lowest BCUT2D eigenvalue weighted by atomic mass is 9.79. The number of nitrogens with zero attached hydrogens (tertiary/aromatic N) is 2. The smallest absolute Gasteiger partial charge is 0.353 e. The number of aromatic nitrogens is 1. The third-order valence-corrected chi connectivity index (χ3v) is 6.94. The highest BCUT2D eigenvalue weighted by Crippen LogP contribution is 2.52. The number of aryl methyl sites for hydroxylation is 2. The first kappa shape index (κ1) is 16.5. The van der Waals surface area contributed by atoms with Crippen molar-refractivity contribution in [1.82, 2.24) is 9.88 Å². The van der Waals surface area contributed by atoms with Gasteiger partial charge in [-0.05, 0) is 20.8 Å². The summed E-state index contributed by atoms with van der Waals surface area (Å²) >= 11 is 2.84. The molecule has 2 N–H and O–H groups in total. The predicted molar refractivity (Wildman–Crippen MR) is 87.1 cm³/mol. The molecule has 0 aliphatic carbocycles. The molecule has 0 saturated carbocycles. The Labute approximate surface area is 142 Å². The summed E-state index contributed by atoms with van der Waals surface area (Å²) in [5, 5.41) is 19.4. The molecule has 1 fully saturated rings. The molecular formula is C15H18N2O4S2. The molecule has 3 heterocycles. The van der Waals surface area contributed by atoms with Crippen LogP contribution in [0.5, 0.6) is 0 Å². The molecule has 0 aromatic carbocycles.